The fourth-order valence-corrected chi connectivity index (χ4v) is 1.04. The van der Waals surface area contributed by atoms with Gasteiger partial charge in [-0.2, -0.15) is 5.26 Å². The Kier molecular flexibility index (Phi) is 3.72. The molecule has 0 atom stereocenters. The number of nitrogens with two attached hydrogens (primary N) is 1. The number of aromatic nitrogens is 2. The van der Waals surface area contributed by atoms with Crippen LogP contribution in [0.3, 0.4) is 0 Å². The van der Waals surface area contributed by atoms with Gasteiger partial charge in [-0.3, -0.25) is 4.79 Å². The highest BCUT2D eigenvalue weighted by Crippen LogP contribution is 2.12. The van der Waals surface area contributed by atoms with E-state index in [-0.39, 0.29) is 29.7 Å². The van der Waals surface area contributed by atoms with Gasteiger partial charge in [-0.15, -0.1) is 12.4 Å². The highest BCUT2D eigenvalue weighted by Gasteiger charge is 2.17. The Hall–Kier alpha value is -1.25. The van der Waals surface area contributed by atoms with E-state index in [4.69, 9.17) is 22.6 Å². The number of halogens is 2. The molecule has 0 aliphatic carbocycles. The Morgan fingerprint density at radius 2 is 2.31 bits per heavy atom. The summed E-state index contributed by atoms with van der Waals surface area (Å²) in [6, 6.07) is 1.72. The topological polar surface area (TPSA) is 84.7 Å². The summed E-state index contributed by atoms with van der Waals surface area (Å²) >= 11 is 5.20. The summed E-state index contributed by atoms with van der Waals surface area (Å²) < 4.78 is 1.27. The summed E-state index contributed by atoms with van der Waals surface area (Å²) in [7, 11) is 1.51. The first kappa shape index (κ1) is 11.8. The van der Waals surface area contributed by atoms with Crippen LogP contribution in [0.15, 0.2) is 0 Å². The number of hydrogen-bond acceptors (Lipinski definition) is 4. The maximum absolute atomic E-state index is 10.8. The number of nitrogens with zero attached hydrogens (tertiary/aromatic N) is 3. The van der Waals surface area contributed by atoms with Gasteiger partial charge in [0.05, 0.1) is 0 Å². The zero-order chi connectivity index (χ0) is 9.30. The predicted molar refractivity (Wildman–Crippen MR) is 49.8 cm³/mol. The summed E-state index contributed by atoms with van der Waals surface area (Å²) in [5.41, 5.74) is 5.32. The van der Waals surface area contributed by atoms with Crippen molar-refractivity contribution in [2.24, 2.45) is 7.05 Å². The lowest BCUT2D eigenvalue weighted by Gasteiger charge is -1.95. The van der Waals surface area contributed by atoms with Crippen LogP contribution < -0.4 is 5.73 Å². The van der Waals surface area contributed by atoms with Gasteiger partial charge in [0.2, 0.25) is 5.95 Å². The van der Waals surface area contributed by atoms with Crippen LogP contribution in [0.2, 0.25) is 0 Å². The summed E-state index contributed by atoms with van der Waals surface area (Å²) in [6.45, 7) is 0. The van der Waals surface area contributed by atoms with E-state index in [1.165, 1.54) is 11.6 Å². The van der Waals surface area contributed by atoms with Gasteiger partial charge in [-0.05, 0) is 11.6 Å². The van der Waals surface area contributed by atoms with Gasteiger partial charge in [-0.1, -0.05) is 0 Å². The van der Waals surface area contributed by atoms with Gasteiger partial charge in [0.1, 0.15) is 11.8 Å². The molecule has 2 N–H and O–H groups in total. The molecule has 0 radical (unpaired) electrons. The van der Waals surface area contributed by atoms with Gasteiger partial charge < -0.3 is 10.3 Å². The first-order valence-corrected chi connectivity index (χ1v) is 3.37. The minimum absolute atomic E-state index is 0. The second-order valence-electron chi connectivity index (χ2n) is 2.11. The van der Waals surface area contributed by atoms with Crippen molar-refractivity contribution in [1.82, 2.24) is 9.55 Å². The number of nitriles is 1. The van der Waals surface area contributed by atoms with E-state index in [1.54, 1.807) is 6.07 Å². The van der Waals surface area contributed by atoms with E-state index in [1.807, 2.05) is 0 Å². The monoisotopic (exact) mass is 220 g/mol. The Balaban J connectivity index is 0.00000144. The van der Waals surface area contributed by atoms with Crippen molar-refractivity contribution in [2.45, 2.75) is 0 Å². The molecule has 0 saturated carbocycles. The third-order valence-electron chi connectivity index (χ3n) is 1.42. The van der Waals surface area contributed by atoms with Gasteiger partial charge in [-0.25, -0.2) is 4.98 Å². The minimum atomic E-state index is -0.738. The SMILES string of the molecule is Cl.Cn1c(N)nc(C#N)c1C(=O)Cl. The Bertz CT molecular complexity index is 379. The first-order chi connectivity index (χ1) is 5.57. The standard InChI is InChI=1S/C6H5ClN4O.ClH/c1-11-4(5(7)12)3(2-8)10-6(11)9;/h1H3,(H2,9,10);1H. The zero-order valence-corrected chi connectivity index (χ0v) is 8.19. The summed E-state index contributed by atoms with van der Waals surface area (Å²) in [5.74, 6) is 0.0931. The van der Waals surface area contributed by atoms with Crippen molar-refractivity contribution in [3.05, 3.63) is 11.4 Å². The number of carbonyl (C=O) groups is 1. The van der Waals surface area contributed by atoms with Crippen LogP contribution in [0.4, 0.5) is 5.95 Å². The lowest BCUT2D eigenvalue weighted by Crippen LogP contribution is -2.04. The van der Waals surface area contributed by atoms with Gasteiger partial charge in [0, 0.05) is 7.05 Å². The molecule has 5 nitrogen and oxygen atoms in total. The smallest absolute Gasteiger partial charge is 0.271 e. The Labute approximate surface area is 85.5 Å². The minimum Gasteiger partial charge on any atom is -0.369 e. The molecule has 1 aromatic rings. The highest BCUT2D eigenvalue weighted by molar-refractivity contribution is 6.67. The number of rotatable bonds is 1. The molecule has 0 unspecified atom stereocenters. The van der Waals surface area contributed by atoms with Crippen LogP contribution in [0.1, 0.15) is 16.2 Å². The fourth-order valence-electron chi connectivity index (χ4n) is 0.819. The first-order valence-electron chi connectivity index (χ1n) is 3.00. The summed E-state index contributed by atoms with van der Waals surface area (Å²) in [6.07, 6.45) is 0. The maximum atomic E-state index is 10.8. The molecular formula is C6H6Cl2N4O. The van der Waals surface area contributed by atoms with Crippen molar-refractivity contribution < 1.29 is 4.79 Å². The molecule has 0 amide bonds. The van der Waals surface area contributed by atoms with E-state index in [2.05, 4.69) is 4.98 Å². The molecule has 0 aromatic carbocycles. The molecule has 0 spiro atoms. The third-order valence-corrected chi connectivity index (χ3v) is 1.60. The van der Waals surface area contributed by atoms with Crippen molar-refractivity contribution in [2.75, 3.05) is 5.73 Å². The Morgan fingerprint density at radius 3 is 2.62 bits per heavy atom. The van der Waals surface area contributed by atoms with Crippen LogP contribution >= 0.6 is 24.0 Å². The van der Waals surface area contributed by atoms with Crippen LogP contribution in [0, 0.1) is 11.3 Å². The van der Waals surface area contributed by atoms with E-state index in [0.717, 1.165) is 0 Å². The van der Waals surface area contributed by atoms with Crippen LogP contribution in [-0.4, -0.2) is 14.8 Å². The fraction of sp³-hybridized carbons (Fsp3) is 0.167. The summed E-state index contributed by atoms with van der Waals surface area (Å²) in [5, 5.41) is 7.78. The number of hydrogen-bond donors (Lipinski definition) is 1. The van der Waals surface area contributed by atoms with Crippen LogP contribution in [0.25, 0.3) is 0 Å². The highest BCUT2D eigenvalue weighted by atomic mass is 35.5. The van der Waals surface area contributed by atoms with Gasteiger partial charge >= 0.3 is 0 Å². The second-order valence-corrected chi connectivity index (χ2v) is 2.46. The van der Waals surface area contributed by atoms with Crippen molar-refractivity contribution in [3.8, 4) is 6.07 Å². The Morgan fingerprint density at radius 1 is 1.77 bits per heavy atom. The molecule has 0 aliphatic heterocycles. The van der Waals surface area contributed by atoms with E-state index >= 15 is 0 Å². The molecule has 13 heavy (non-hydrogen) atoms. The van der Waals surface area contributed by atoms with Crippen molar-refractivity contribution >= 4 is 35.2 Å². The van der Waals surface area contributed by atoms with E-state index in [9.17, 15) is 4.79 Å². The largest absolute Gasteiger partial charge is 0.369 e. The molecule has 7 heteroatoms. The van der Waals surface area contributed by atoms with Gasteiger partial charge in [0.25, 0.3) is 5.24 Å². The second kappa shape index (κ2) is 4.12. The maximum Gasteiger partial charge on any atom is 0.271 e. The average molecular weight is 221 g/mol. The lowest BCUT2D eigenvalue weighted by atomic mass is 10.3. The van der Waals surface area contributed by atoms with Crippen LogP contribution in [0.5, 0.6) is 0 Å². The number of nitrogen functional groups attached to an aromatic ring is 1. The van der Waals surface area contributed by atoms with Crippen molar-refractivity contribution in [3.63, 3.8) is 0 Å². The number of carbonyl (C=O) groups excluding carboxylic acids is 1. The molecule has 1 heterocycles. The molecule has 0 fully saturated rings. The van der Waals surface area contributed by atoms with E-state index in [0.29, 0.717) is 0 Å². The zero-order valence-electron chi connectivity index (χ0n) is 6.61. The third kappa shape index (κ3) is 1.91. The van der Waals surface area contributed by atoms with E-state index < -0.39 is 5.24 Å². The predicted octanol–water partition coefficient (Wildman–Crippen LogP) is 0.675. The van der Waals surface area contributed by atoms with Crippen LogP contribution in [-0.2, 0) is 7.05 Å². The molecule has 1 rings (SSSR count). The lowest BCUT2D eigenvalue weighted by molar-refractivity contribution is 0.107. The molecule has 0 aliphatic rings. The number of imidazole rings is 1. The quantitative estimate of drug-likeness (QED) is 0.706. The summed E-state index contributed by atoms with van der Waals surface area (Å²) in [4.78, 5) is 14.4. The molecular weight excluding hydrogens is 215 g/mol. The van der Waals surface area contributed by atoms with Crippen molar-refractivity contribution in [1.29, 1.82) is 5.26 Å². The van der Waals surface area contributed by atoms with Gasteiger partial charge in [0.15, 0.2) is 5.69 Å². The molecule has 0 saturated heterocycles. The normalized spacial score (nSPS) is 8.69. The molecule has 70 valence electrons. The average Bonchev–Trinajstić information content (AvgIpc) is 2.28. The number of anilines is 1. The molecule has 0 bridgehead atoms. The molecule has 1 aromatic heterocycles.